The zero-order chi connectivity index (χ0) is 11.8. The number of likely N-dealkylation sites (tertiary alicyclic amines) is 1. The van der Waals surface area contributed by atoms with E-state index in [0.717, 1.165) is 18.9 Å². The molecule has 16 heavy (non-hydrogen) atoms. The third kappa shape index (κ3) is 4.81. The molecule has 0 amide bonds. The van der Waals surface area contributed by atoms with Gasteiger partial charge in [0.1, 0.15) is 0 Å². The van der Waals surface area contributed by atoms with Crippen LogP contribution in [0.1, 0.15) is 39.5 Å². The van der Waals surface area contributed by atoms with Crippen molar-refractivity contribution in [1.82, 2.24) is 10.2 Å². The van der Waals surface area contributed by atoms with Crippen molar-refractivity contribution in [3.05, 3.63) is 0 Å². The summed E-state index contributed by atoms with van der Waals surface area (Å²) < 4.78 is 0. The lowest BCUT2D eigenvalue weighted by atomic mass is 9.91. The topological polar surface area (TPSA) is 35.5 Å². The van der Waals surface area contributed by atoms with Crippen molar-refractivity contribution in [2.24, 2.45) is 5.92 Å². The van der Waals surface area contributed by atoms with Crippen LogP contribution in [0.15, 0.2) is 0 Å². The minimum absolute atomic E-state index is 0.298. The highest BCUT2D eigenvalue weighted by Gasteiger charge is 2.23. The predicted molar refractivity (Wildman–Crippen MR) is 68.6 cm³/mol. The summed E-state index contributed by atoms with van der Waals surface area (Å²) in [5.41, 5.74) is 0. The number of aliphatic hydroxyl groups excluding tert-OH is 1. The molecule has 0 saturated carbocycles. The maximum atomic E-state index is 8.75. The van der Waals surface area contributed by atoms with Crippen molar-refractivity contribution in [2.45, 2.75) is 45.6 Å². The van der Waals surface area contributed by atoms with Gasteiger partial charge in [0, 0.05) is 19.2 Å². The minimum Gasteiger partial charge on any atom is -0.396 e. The van der Waals surface area contributed by atoms with E-state index in [1.54, 1.807) is 0 Å². The maximum absolute atomic E-state index is 8.75. The van der Waals surface area contributed by atoms with E-state index < -0.39 is 0 Å². The molecule has 1 fully saturated rings. The molecule has 96 valence electrons. The van der Waals surface area contributed by atoms with E-state index in [0.29, 0.717) is 12.6 Å². The van der Waals surface area contributed by atoms with E-state index in [4.69, 9.17) is 5.11 Å². The lowest BCUT2D eigenvalue weighted by Crippen LogP contribution is -2.44. The number of nitrogens with zero attached hydrogens (tertiary/aromatic N) is 1. The van der Waals surface area contributed by atoms with Crippen LogP contribution in [0.3, 0.4) is 0 Å². The first-order valence-electron chi connectivity index (χ1n) is 6.84. The van der Waals surface area contributed by atoms with E-state index in [9.17, 15) is 0 Å². The highest BCUT2D eigenvalue weighted by molar-refractivity contribution is 4.80. The fraction of sp³-hybridized carbons (Fsp3) is 1.00. The summed E-state index contributed by atoms with van der Waals surface area (Å²) in [5.74, 6) is 0.791. The SMILES string of the molecule is CCCN1CCCC(C(C)NCCCO)C1. The molecule has 1 saturated heterocycles. The predicted octanol–water partition coefficient (Wildman–Crippen LogP) is 1.47. The highest BCUT2D eigenvalue weighted by atomic mass is 16.3. The average Bonchev–Trinajstić information content (AvgIpc) is 2.30. The standard InChI is InChI=1S/C13H28N2O/c1-3-8-15-9-4-6-13(11-15)12(2)14-7-5-10-16/h12-14,16H,3-11H2,1-2H3. The van der Waals surface area contributed by atoms with Crippen LogP contribution < -0.4 is 5.32 Å². The summed E-state index contributed by atoms with van der Waals surface area (Å²) in [6, 6.07) is 0.589. The van der Waals surface area contributed by atoms with E-state index in [1.807, 2.05) is 0 Å². The quantitative estimate of drug-likeness (QED) is 0.648. The Morgan fingerprint density at radius 3 is 3.00 bits per heavy atom. The second-order valence-corrected chi connectivity index (χ2v) is 5.02. The van der Waals surface area contributed by atoms with Gasteiger partial charge in [-0.15, -0.1) is 0 Å². The molecular formula is C13H28N2O. The number of nitrogens with one attached hydrogen (secondary N) is 1. The molecule has 1 aliphatic rings. The number of piperidine rings is 1. The lowest BCUT2D eigenvalue weighted by molar-refractivity contribution is 0.150. The van der Waals surface area contributed by atoms with Crippen molar-refractivity contribution >= 4 is 0 Å². The Kier molecular flexibility index (Phi) is 7.01. The number of aliphatic hydroxyl groups is 1. The van der Waals surface area contributed by atoms with Crippen LogP contribution >= 0.6 is 0 Å². The number of hydrogen-bond acceptors (Lipinski definition) is 3. The highest BCUT2D eigenvalue weighted by Crippen LogP contribution is 2.19. The van der Waals surface area contributed by atoms with Crippen molar-refractivity contribution in [1.29, 1.82) is 0 Å². The summed E-state index contributed by atoms with van der Waals surface area (Å²) in [6.07, 6.45) is 4.83. The van der Waals surface area contributed by atoms with E-state index in [-0.39, 0.29) is 0 Å². The largest absolute Gasteiger partial charge is 0.396 e. The van der Waals surface area contributed by atoms with Crippen LogP contribution in [0.2, 0.25) is 0 Å². The van der Waals surface area contributed by atoms with E-state index in [2.05, 4.69) is 24.1 Å². The molecule has 0 aromatic heterocycles. The smallest absolute Gasteiger partial charge is 0.0443 e. The lowest BCUT2D eigenvalue weighted by Gasteiger charge is -2.36. The van der Waals surface area contributed by atoms with Crippen LogP contribution in [0.5, 0.6) is 0 Å². The molecule has 2 N–H and O–H groups in total. The Balaban J connectivity index is 2.23. The Morgan fingerprint density at radius 1 is 1.50 bits per heavy atom. The Labute approximate surface area is 100 Å². The van der Waals surface area contributed by atoms with Gasteiger partial charge in [0.15, 0.2) is 0 Å². The average molecular weight is 228 g/mol. The molecule has 0 bridgehead atoms. The summed E-state index contributed by atoms with van der Waals surface area (Å²) >= 11 is 0. The fourth-order valence-electron chi connectivity index (χ4n) is 2.59. The second kappa shape index (κ2) is 8.04. The van der Waals surface area contributed by atoms with Gasteiger partial charge in [0.05, 0.1) is 0 Å². The number of rotatable bonds is 7. The van der Waals surface area contributed by atoms with Gasteiger partial charge in [-0.2, -0.15) is 0 Å². The molecule has 0 aromatic rings. The normalized spacial score (nSPS) is 24.6. The van der Waals surface area contributed by atoms with Gasteiger partial charge in [-0.25, -0.2) is 0 Å². The van der Waals surface area contributed by atoms with Gasteiger partial charge in [-0.05, 0) is 58.2 Å². The summed E-state index contributed by atoms with van der Waals surface area (Å²) in [7, 11) is 0. The van der Waals surface area contributed by atoms with Gasteiger partial charge in [0.25, 0.3) is 0 Å². The Bertz CT molecular complexity index is 173. The van der Waals surface area contributed by atoms with Gasteiger partial charge >= 0.3 is 0 Å². The van der Waals surface area contributed by atoms with Gasteiger partial charge in [0.2, 0.25) is 0 Å². The Hall–Kier alpha value is -0.120. The molecule has 2 unspecified atom stereocenters. The molecule has 1 rings (SSSR count). The van der Waals surface area contributed by atoms with Crippen LogP contribution in [0.4, 0.5) is 0 Å². The molecule has 1 aliphatic heterocycles. The molecule has 3 nitrogen and oxygen atoms in total. The monoisotopic (exact) mass is 228 g/mol. The summed E-state index contributed by atoms with van der Waals surface area (Å²) in [4.78, 5) is 2.60. The molecule has 0 spiro atoms. The first-order chi connectivity index (χ1) is 7.77. The van der Waals surface area contributed by atoms with Crippen LogP contribution in [-0.2, 0) is 0 Å². The van der Waals surface area contributed by atoms with E-state index in [1.165, 1.54) is 38.9 Å². The van der Waals surface area contributed by atoms with Crippen molar-refractivity contribution < 1.29 is 5.11 Å². The molecule has 0 radical (unpaired) electrons. The molecule has 3 heteroatoms. The van der Waals surface area contributed by atoms with Crippen LogP contribution in [0.25, 0.3) is 0 Å². The minimum atomic E-state index is 0.298. The van der Waals surface area contributed by atoms with Crippen molar-refractivity contribution in [3.8, 4) is 0 Å². The zero-order valence-electron chi connectivity index (χ0n) is 10.9. The summed E-state index contributed by atoms with van der Waals surface area (Å²) in [6.45, 7) is 9.58. The van der Waals surface area contributed by atoms with E-state index >= 15 is 0 Å². The molecule has 0 aromatic carbocycles. The van der Waals surface area contributed by atoms with Crippen molar-refractivity contribution in [3.63, 3.8) is 0 Å². The molecule has 2 atom stereocenters. The number of hydrogen-bond donors (Lipinski definition) is 2. The van der Waals surface area contributed by atoms with Gasteiger partial charge in [-0.1, -0.05) is 6.92 Å². The van der Waals surface area contributed by atoms with Crippen molar-refractivity contribution in [2.75, 3.05) is 32.8 Å². The summed E-state index contributed by atoms with van der Waals surface area (Å²) in [5, 5.41) is 12.3. The third-order valence-electron chi connectivity index (χ3n) is 3.59. The first kappa shape index (κ1) is 13.9. The third-order valence-corrected chi connectivity index (χ3v) is 3.59. The second-order valence-electron chi connectivity index (χ2n) is 5.02. The van der Waals surface area contributed by atoms with Crippen LogP contribution in [0, 0.1) is 5.92 Å². The first-order valence-corrected chi connectivity index (χ1v) is 6.84. The molecule has 0 aliphatic carbocycles. The Morgan fingerprint density at radius 2 is 2.31 bits per heavy atom. The maximum Gasteiger partial charge on any atom is 0.0443 e. The van der Waals surface area contributed by atoms with Gasteiger partial charge in [-0.3, -0.25) is 0 Å². The van der Waals surface area contributed by atoms with Gasteiger partial charge < -0.3 is 15.3 Å². The molecular weight excluding hydrogens is 200 g/mol. The molecule has 1 heterocycles. The van der Waals surface area contributed by atoms with Crippen LogP contribution in [-0.4, -0.2) is 48.8 Å². The fourth-order valence-corrected chi connectivity index (χ4v) is 2.59. The zero-order valence-corrected chi connectivity index (χ0v) is 10.9.